The van der Waals surface area contributed by atoms with Crippen molar-refractivity contribution in [3.8, 4) is 5.75 Å². The highest BCUT2D eigenvalue weighted by molar-refractivity contribution is 5.20. The predicted octanol–water partition coefficient (Wildman–Crippen LogP) is 1.07. The van der Waals surface area contributed by atoms with Gasteiger partial charge in [-0.2, -0.15) is 0 Å². The molecule has 1 unspecified atom stereocenters. The van der Waals surface area contributed by atoms with E-state index in [4.69, 9.17) is 14.2 Å². The molecule has 1 aliphatic heterocycles. The molecular formula is C13H19NO3. The van der Waals surface area contributed by atoms with Crippen LogP contribution in [0.25, 0.3) is 0 Å². The summed E-state index contributed by atoms with van der Waals surface area (Å²) in [6.07, 6.45) is 0.181. The number of hydrogen-bond donors (Lipinski definition) is 1. The van der Waals surface area contributed by atoms with Crippen LogP contribution in [0, 0.1) is 0 Å². The highest BCUT2D eigenvalue weighted by Crippen LogP contribution is 2.07. The normalized spacial score (nSPS) is 20.1. The van der Waals surface area contributed by atoms with Crippen molar-refractivity contribution in [2.75, 3.05) is 39.5 Å². The van der Waals surface area contributed by atoms with E-state index in [9.17, 15) is 0 Å². The predicted molar refractivity (Wildman–Crippen MR) is 65.4 cm³/mol. The van der Waals surface area contributed by atoms with Crippen LogP contribution in [-0.2, 0) is 9.47 Å². The zero-order chi connectivity index (χ0) is 11.8. The van der Waals surface area contributed by atoms with E-state index < -0.39 is 0 Å². The minimum Gasteiger partial charge on any atom is -0.491 e. The quantitative estimate of drug-likeness (QED) is 0.751. The van der Waals surface area contributed by atoms with Gasteiger partial charge < -0.3 is 19.5 Å². The third-order valence-electron chi connectivity index (χ3n) is 2.55. The van der Waals surface area contributed by atoms with Gasteiger partial charge in [-0.1, -0.05) is 18.2 Å². The van der Waals surface area contributed by atoms with Gasteiger partial charge in [0, 0.05) is 13.1 Å². The van der Waals surface area contributed by atoms with E-state index in [1.165, 1.54) is 0 Å². The molecule has 0 aliphatic carbocycles. The van der Waals surface area contributed by atoms with Crippen LogP contribution in [0.3, 0.4) is 0 Å². The Kier molecular flexibility index (Phi) is 5.29. The molecule has 0 saturated carbocycles. The summed E-state index contributed by atoms with van der Waals surface area (Å²) in [5, 5.41) is 3.27. The highest BCUT2D eigenvalue weighted by atomic mass is 16.5. The zero-order valence-electron chi connectivity index (χ0n) is 9.93. The first kappa shape index (κ1) is 12.4. The van der Waals surface area contributed by atoms with Gasteiger partial charge in [-0.3, -0.25) is 0 Å². The first-order chi connectivity index (χ1) is 8.45. The minimum atomic E-state index is 0.181. The highest BCUT2D eigenvalue weighted by Gasteiger charge is 2.12. The molecule has 0 spiro atoms. The molecule has 17 heavy (non-hydrogen) atoms. The summed E-state index contributed by atoms with van der Waals surface area (Å²) in [4.78, 5) is 0. The number of nitrogens with one attached hydrogen (secondary N) is 1. The molecule has 1 N–H and O–H groups in total. The maximum Gasteiger partial charge on any atom is 0.119 e. The molecule has 0 radical (unpaired) electrons. The van der Waals surface area contributed by atoms with Gasteiger partial charge in [-0.25, -0.2) is 0 Å². The first-order valence-corrected chi connectivity index (χ1v) is 6.03. The van der Waals surface area contributed by atoms with Crippen LogP contribution >= 0.6 is 0 Å². The van der Waals surface area contributed by atoms with Crippen molar-refractivity contribution < 1.29 is 14.2 Å². The van der Waals surface area contributed by atoms with E-state index in [0.29, 0.717) is 19.8 Å². The third-order valence-corrected chi connectivity index (χ3v) is 2.55. The van der Waals surface area contributed by atoms with Crippen LogP contribution in [0.5, 0.6) is 5.75 Å². The number of ether oxygens (including phenoxy) is 3. The van der Waals surface area contributed by atoms with E-state index in [2.05, 4.69) is 5.32 Å². The van der Waals surface area contributed by atoms with Crippen molar-refractivity contribution in [1.82, 2.24) is 5.32 Å². The van der Waals surface area contributed by atoms with Gasteiger partial charge in [0.05, 0.1) is 25.9 Å². The molecule has 1 heterocycles. The molecule has 1 aromatic carbocycles. The number of morpholine rings is 1. The Morgan fingerprint density at radius 1 is 1.24 bits per heavy atom. The lowest BCUT2D eigenvalue weighted by Crippen LogP contribution is -2.41. The van der Waals surface area contributed by atoms with E-state index in [-0.39, 0.29) is 6.10 Å². The van der Waals surface area contributed by atoms with Crippen LogP contribution in [0.15, 0.2) is 30.3 Å². The van der Waals surface area contributed by atoms with Gasteiger partial charge >= 0.3 is 0 Å². The van der Waals surface area contributed by atoms with Gasteiger partial charge in [0.1, 0.15) is 12.4 Å². The van der Waals surface area contributed by atoms with Crippen molar-refractivity contribution >= 4 is 0 Å². The molecule has 4 nitrogen and oxygen atoms in total. The lowest BCUT2D eigenvalue weighted by molar-refractivity contribution is -0.0356. The topological polar surface area (TPSA) is 39.7 Å². The monoisotopic (exact) mass is 237 g/mol. The fourth-order valence-corrected chi connectivity index (χ4v) is 1.68. The second-order valence-corrected chi connectivity index (χ2v) is 3.93. The number of hydrogen-bond acceptors (Lipinski definition) is 4. The Bertz CT molecular complexity index is 299. The summed E-state index contributed by atoms with van der Waals surface area (Å²) < 4.78 is 16.5. The molecule has 1 fully saturated rings. The molecule has 94 valence electrons. The second-order valence-electron chi connectivity index (χ2n) is 3.93. The van der Waals surface area contributed by atoms with Crippen molar-refractivity contribution in [3.05, 3.63) is 30.3 Å². The second kappa shape index (κ2) is 7.27. The average Bonchev–Trinajstić information content (AvgIpc) is 2.41. The van der Waals surface area contributed by atoms with Crippen molar-refractivity contribution in [3.63, 3.8) is 0 Å². The number of benzene rings is 1. The number of para-hydroxylation sites is 1. The van der Waals surface area contributed by atoms with Crippen LogP contribution in [-0.4, -0.2) is 45.6 Å². The van der Waals surface area contributed by atoms with Crippen LogP contribution in [0.4, 0.5) is 0 Å². The summed E-state index contributed by atoms with van der Waals surface area (Å²) in [6.45, 7) is 4.38. The fraction of sp³-hybridized carbons (Fsp3) is 0.538. The van der Waals surface area contributed by atoms with Gasteiger partial charge in [-0.05, 0) is 12.1 Å². The Morgan fingerprint density at radius 2 is 2.12 bits per heavy atom. The molecule has 0 aromatic heterocycles. The van der Waals surface area contributed by atoms with Gasteiger partial charge in [0.25, 0.3) is 0 Å². The molecule has 1 saturated heterocycles. The molecule has 0 bridgehead atoms. The standard InChI is InChI=1S/C13H19NO3/c1-2-4-12(5-3-1)17-9-8-15-11-13-10-14-6-7-16-13/h1-5,13-14H,6-11H2. The smallest absolute Gasteiger partial charge is 0.119 e. The molecule has 1 aliphatic rings. The van der Waals surface area contributed by atoms with Crippen molar-refractivity contribution in [2.45, 2.75) is 6.10 Å². The molecule has 1 atom stereocenters. The Labute approximate surface area is 102 Å². The summed E-state index contributed by atoms with van der Waals surface area (Å²) >= 11 is 0. The summed E-state index contributed by atoms with van der Waals surface area (Å²) in [7, 11) is 0. The maximum absolute atomic E-state index is 5.51. The average molecular weight is 237 g/mol. The Morgan fingerprint density at radius 3 is 2.88 bits per heavy atom. The summed E-state index contributed by atoms with van der Waals surface area (Å²) in [5.41, 5.74) is 0. The molecule has 4 heteroatoms. The van der Waals surface area contributed by atoms with E-state index in [0.717, 1.165) is 25.4 Å². The molecule has 1 aromatic rings. The van der Waals surface area contributed by atoms with Crippen molar-refractivity contribution in [1.29, 1.82) is 0 Å². The SMILES string of the molecule is c1ccc(OCCOCC2CNCCO2)cc1. The van der Waals surface area contributed by atoms with Gasteiger partial charge in [-0.15, -0.1) is 0 Å². The fourth-order valence-electron chi connectivity index (χ4n) is 1.68. The first-order valence-electron chi connectivity index (χ1n) is 6.03. The lowest BCUT2D eigenvalue weighted by atomic mass is 10.3. The van der Waals surface area contributed by atoms with E-state index in [1.54, 1.807) is 0 Å². The molecule has 0 amide bonds. The summed E-state index contributed by atoms with van der Waals surface area (Å²) in [6, 6.07) is 9.76. The van der Waals surface area contributed by atoms with Gasteiger partial charge in [0.15, 0.2) is 0 Å². The molecule has 2 rings (SSSR count). The van der Waals surface area contributed by atoms with E-state index >= 15 is 0 Å². The third kappa shape index (κ3) is 4.73. The molecular weight excluding hydrogens is 218 g/mol. The van der Waals surface area contributed by atoms with Crippen LogP contribution in [0.2, 0.25) is 0 Å². The Hall–Kier alpha value is -1.10. The largest absolute Gasteiger partial charge is 0.491 e. The summed E-state index contributed by atoms with van der Waals surface area (Å²) in [5.74, 6) is 0.881. The lowest BCUT2D eigenvalue weighted by Gasteiger charge is -2.23. The van der Waals surface area contributed by atoms with Gasteiger partial charge in [0.2, 0.25) is 0 Å². The Balaban J connectivity index is 1.51. The van der Waals surface area contributed by atoms with Crippen LogP contribution in [0.1, 0.15) is 0 Å². The maximum atomic E-state index is 5.51. The van der Waals surface area contributed by atoms with Crippen molar-refractivity contribution in [2.24, 2.45) is 0 Å². The number of rotatable bonds is 6. The zero-order valence-corrected chi connectivity index (χ0v) is 9.93. The van der Waals surface area contributed by atoms with Crippen LogP contribution < -0.4 is 10.1 Å². The minimum absolute atomic E-state index is 0.181. The van der Waals surface area contributed by atoms with E-state index in [1.807, 2.05) is 30.3 Å².